The van der Waals surface area contributed by atoms with Gasteiger partial charge in [-0.3, -0.25) is 0 Å². The van der Waals surface area contributed by atoms with E-state index >= 15 is 0 Å². The van der Waals surface area contributed by atoms with Crippen molar-refractivity contribution in [3.8, 4) is 0 Å². The summed E-state index contributed by atoms with van der Waals surface area (Å²) in [5.74, 6) is -2.76. The first-order chi connectivity index (χ1) is 16.6. The Labute approximate surface area is 261 Å². The molecule has 1 unspecified atom stereocenters. The van der Waals surface area contributed by atoms with Gasteiger partial charge in [-0.2, -0.15) is 0 Å². The van der Waals surface area contributed by atoms with Crippen molar-refractivity contribution in [1.82, 2.24) is 0 Å². The van der Waals surface area contributed by atoms with E-state index in [1.165, 1.54) is 25.7 Å². The van der Waals surface area contributed by atoms with Gasteiger partial charge in [-0.1, -0.05) is 133 Å². The van der Waals surface area contributed by atoms with Gasteiger partial charge >= 0.3 is 40.4 Å². The van der Waals surface area contributed by atoms with Crippen LogP contribution < -0.4 is 15.3 Å². The molecule has 0 amide bonds. The van der Waals surface area contributed by atoms with Crippen molar-refractivity contribution in [3.05, 3.63) is 0 Å². The molecule has 1 atom stereocenters. The minimum absolute atomic E-state index is 0. The Morgan fingerprint density at radius 1 is 0.486 bits per heavy atom. The van der Waals surface area contributed by atoms with E-state index in [-0.39, 0.29) is 40.4 Å². The summed E-state index contributed by atoms with van der Waals surface area (Å²) in [4.78, 5) is 31.9. The molecule has 0 aromatic heterocycles. The van der Waals surface area contributed by atoms with Gasteiger partial charge in [-0.25, -0.2) is 0 Å². The van der Waals surface area contributed by atoms with Crippen LogP contribution in [0.25, 0.3) is 0 Å². The van der Waals surface area contributed by atoms with Crippen molar-refractivity contribution in [3.63, 3.8) is 0 Å². The minimum Gasteiger partial charge on any atom is -0.550 e. The Morgan fingerprint density at radius 3 is 1.03 bits per heavy atom. The van der Waals surface area contributed by atoms with E-state index in [1.807, 2.05) is 6.92 Å². The molecule has 0 bridgehead atoms. The minimum atomic E-state index is -0.931. The number of carboxylic acids is 3. The first-order valence-corrected chi connectivity index (χ1v) is 14.2. The molecule has 0 rings (SSSR count). The van der Waals surface area contributed by atoms with Crippen LogP contribution in [-0.4, -0.2) is 17.9 Å². The number of hydrogen-bond acceptors (Lipinski definition) is 6. The fourth-order valence-corrected chi connectivity index (χ4v) is 3.38. The zero-order chi connectivity index (χ0) is 28.8. The molecule has 37 heavy (non-hydrogen) atoms. The number of carboxylic acid groups (broad SMARTS) is 3. The first kappa shape index (κ1) is 43.8. The zero-order valence-electron chi connectivity index (χ0n) is 25.5. The first-order valence-electron chi connectivity index (χ1n) is 14.2. The van der Waals surface area contributed by atoms with Crippen LogP contribution in [0.5, 0.6) is 0 Å². The Morgan fingerprint density at radius 2 is 0.784 bits per heavy atom. The van der Waals surface area contributed by atoms with Gasteiger partial charge in [0.05, 0.1) is 0 Å². The van der Waals surface area contributed by atoms with E-state index < -0.39 is 34.2 Å². The summed E-state index contributed by atoms with van der Waals surface area (Å²) in [7, 11) is 0. The Kier molecular flexibility index (Phi) is 29.3. The molecule has 0 aliphatic heterocycles. The van der Waals surface area contributed by atoms with E-state index in [1.54, 1.807) is 34.6 Å². The second kappa shape index (κ2) is 24.8. The summed E-state index contributed by atoms with van der Waals surface area (Å²) in [6.45, 7) is 17.0. The fourth-order valence-electron chi connectivity index (χ4n) is 3.38. The van der Waals surface area contributed by atoms with E-state index in [4.69, 9.17) is 0 Å². The summed E-state index contributed by atoms with van der Waals surface area (Å²) in [5, 5.41) is 31.9. The summed E-state index contributed by atoms with van der Waals surface area (Å²) < 4.78 is 0. The van der Waals surface area contributed by atoms with Crippen LogP contribution in [0, 0.1) is 56.6 Å². The van der Waals surface area contributed by atoms with Crippen LogP contribution in [0.15, 0.2) is 0 Å². The van der Waals surface area contributed by atoms with Crippen molar-refractivity contribution < 1.29 is 70.1 Å². The summed E-state index contributed by atoms with van der Waals surface area (Å²) >= 11 is 0. The Bertz CT molecular complexity index is 555. The largest absolute Gasteiger partial charge is 3.00 e. The van der Waals surface area contributed by atoms with Crippen molar-refractivity contribution in [1.29, 1.82) is 0 Å². The van der Waals surface area contributed by atoms with Gasteiger partial charge in [-0.15, -0.1) is 0 Å². The monoisotopic (exact) mass is 665 g/mol. The van der Waals surface area contributed by atoms with Crippen LogP contribution in [0.3, 0.4) is 0 Å². The van der Waals surface area contributed by atoms with Crippen LogP contribution in [0.4, 0.5) is 0 Å². The average Bonchev–Trinajstić information content (AvgIpc) is 2.80. The predicted octanol–water partition coefficient (Wildman–Crippen LogP) is 5.20. The van der Waals surface area contributed by atoms with Gasteiger partial charge in [0.2, 0.25) is 0 Å². The summed E-state index contributed by atoms with van der Waals surface area (Å²) in [6, 6.07) is 0. The second-order valence-electron chi connectivity index (χ2n) is 11.6. The molecule has 0 saturated carbocycles. The Hall–Kier alpha value is -0.252. The molecule has 0 aromatic rings. The number of aliphatic carboxylic acids is 3. The molecule has 7 heteroatoms. The van der Waals surface area contributed by atoms with Gasteiger partial charge in [0, 0.05) is 34.2 Å². The third-order valence-corrected chi connectivity index (χ3v) is 7.02. The maximum atomic E-state index is 10.7. The van der Waals surface area contributed by atoms with Crippen LogP contribution in [-0.2, 0) is 14.4 Å². The van der Waals surface area contributed by atoms with E-state index in [0.29, 0.717) is 6.42 Å². The van der Waals surface area contributed by atoms with Crippen molar-refractivity contribution in [2.24, 2.45) is 16.2 Å². The predicted molar refractivity (Wildman–Crippen MR) is 143 cm³/mol. The van der Waals surface area contributed by atoms with Crippen LogP contribution in [0.2, 0.25) is 0 Å². The molecular weight excluding hydrogens is 607 g/mol. The molecule has 0 spiro atoms. The number of rotatable bonds is 18. The molecule has 0 N–H and O–H groups in total. The molecule has 0 aliphatic carbocycles. The second-order valence-corrected chi connectivity index (χ2v) is 11.6. The third-order valence-electron chi connectivity index (χ3n) is 7.02. The number of carbonyl (C=O) groups excluding carboxylic acids is 3. The van der Waals surface area contributed by atoms with Gasteiger partial charge in [0.15, 0.2) is 0 Å². The standard InChI is InChI=1S/3C10H20O2.Sm/c2*1-4-5-6-7-8-10(2,3)9(11)12;1-4-6-7-8-10(3,5-2)9(11)12;/h3*4-8H2,1-3H3,(H,11,12);/q;;;+3/p-3. The summed E-state index contributed by atoms with van der Waals surface area (Å²) in [6.07, 6.45) is 15.1. The van der Waals surface area contributed by atoms with Crippen molar-refractivity contribution >= 4 is 17.9 Å². The van der Waals surface area contributed by atoms with E-state index in [0.717, 1.165) is 64.2 Å². The SMILES string of the molecule is CCCCCC(C)(CC)C(=O)[O-].CCCCCCC(C)(C)C(=O)[O-].CCCCCCC(C)(C)C(=O)[O-].[Sm+3]. The Balaban J connectivity index is -0.000000218. The number of hydrogen-bond donors (Lipinski definition) is 0. The maximum Gasteiger partial charge on any atom is 3.00 e. The molecule has 0 saturated heterocycles. The molecule has 0 fully saturated rings. The van der Waals surface area contributed by atoms with Gasteiger partial charge < -0.3 is 29.7 Å². The van der Waals surface area contributed by atoms with E-state index in [9.17, 15) is 29.7 Å². The van der Waals surface area contributed by atoms with Crippen molar-refractivity contribution in [2.75, 3.05) is 0 Å². The van der Waals surface area contributed by atoms with Crippen LogP contribution in [0.1, 0.15) is 159 Å². The van der Waals surface area contributed by atoms with Crippen molar-refractivity contribution in [2.45, 2.75) is 159 Å². The fraction of sp³-hybridized carbons (Fsp3) is 0.900. The van der Waals surface area contributed by atoms with Gasteiger partial charge in [0.25, 0.3) is 0 Å². The van der Waals surface area contributed by atoms with E-state index in [2.05, 4.69) is 20.8 Å². The molecule has 0 heterocycles. The van der Waals surface area contributed by atoms with Gasteiger partial charge in [-0.05, 0) is 25.7 Å². The quantitative estimate of drug-likeness (QED) is 0.186. The molecule has 219 valence electrons. The van der Waals surface area contributed by atoms with Gasteiger partial charge in [0.1, 0.15) is 0 Å². The molecule has 0 aliphatic rings. The average molecular weight is 664 g/mol. The number of carbonyl (C=O) groups is 3. The smallest absolute Gasteiger partial charge is 0.550 e. The molecular formula is C30H57O6Sm. The topological polar surface area (TPSA) is 120 Å². The maximum absolute atomic E-state index is 10.7. The van der Waals surface area contributed by atoms with Crippen LogP contribution >= 0.6 is 0 Å². The normalized spacial score (nSPS) is 12.6. The summed E-state index contributed by atoms with van der Waals surface area (Å²) in [5.41, 5.74) is -1.89. The molecule has 0 aromatic carbocycles. The molecule has 1 radical (unpaired) electrons. The molecule has 6 nitrogen and oxygen atoms in total. The third kappa shape index (κ3) is 24.5. The zero-order valence-corrected chi connectivity index (χ0v) is 28.1. The number of unbranched alkanes of at least 4 members (excludes halogenated alkanes) is 8.